The number of hydrogen-bond donors (Lipinski definition) is 0. The lowest BCUT2D eigenvalue weighted by molar-refractivity contribution is -0.142. The number of halogens is 1. The first-order valence-electron chi connectivity index (χ1n) is 3.96. The van der Waals surface area contributed by atoms with Crippen LogP contribution in [0.15, 0.2) is 0 Å². The molecule has 70 valence electrons. The zero-order valence-corrected chi connectivity index (χ0v) is 9.14. The Labute approximate surface area is 85.6 Å². The number of likely N-dealkylation sites (tertiary alicyclic amines) is 1. The molecular formula is C9H10BrNO2. The molecule has 1 aliphatic heterocycles. The van der Waals surface area contributed by atoms with E-state index in [0.29, 0.717) is 13.0 Å². The summed E-state index contributed by atoms with van der Waals surface area (Å²) in [5, 5.41) is 0. The molecule has 2 amide bonds. The maximum atomic E-state index is 11.6. The zero-order valence-electron chi connectivity index (χ0n) is 7.56. The number of hydrogen-bond acceptors (Lipinski definition) is 2. The van der Waals surface area contributed by atoms with Gasteiger partial charge in [-0.2, -0.15) is 0 Å². The molecule has 0 aromatic heterocycles. The fourth-order valence-electron chi connectivity index (χ4n) is 1.27. The van der Waals surface area contributed by atoms with Crippen LogP contribution in [0.1, 0.15) is 20.3 Å². The molecule has 1 rings (SSSR count). The zero-order chi connectivity index (χ0) is 10.1. The summed E-state index contributed by atoms with van der Waals surface area (Å²) in [5.41, 5.74) is -0.413. The van der Waals surface area contributed by atoms with Gasteiger partial charge in [-0.05, 0) is 11.3 Å². The predicted molar refractivity (Wildman–Crippen MR) is 51.8 cm³/mol. The molecular weight excluding hydrogens is 234 g/mol. The molecule has 0 radical (unpaired) electrons. The standard InChI is InChI=1S/C9H10BrNO2/c1-9(2)4-6-11(8(9)13)7(12)3-5-10/h4,6H2,1-2H3. The van der Waals surface area contributed by atoms with Crippen LogP contribution < -0.4 is 0 Å². The fraction of sp³-hybridized carbons (Fsp3) is 0.556. The lowest BCUT2D eigenvalue weighted by atomic mass is 9.92. The molecule has 0 aromatic carbocycles. The van der Waals surface area contributed by atoms with Crippen LogP contribution in [0.2, 0.25) is 0 Å². The second-order valence-electron chi connectivity index (χ2n) is 3.62. The molecule has 1 fully saturated rings. The van der Waals surface area contributed by atoms with Crippen LogP contribution in [-0.4, -0.2) is 23.3 Å². The third-order valence-electron chi connectivity index (χ3n) is 2.18. The van der Waals surface area contributed by atoms with Crippen LogP contribution in [-0.2, 0) is 9.59 Å². The monoisotopic (exact) mass is 243 g/mol. The van der Waals surface area contributed by atoms with Gasteiger partial charge in [-0.15, -0.1) is 0 Å². The Bertz CT molecular complexity index is 311. The predicted octanol–water partition coefficient (Wildman–Crippen LogP) is 1.13. The third-order valence-corrected chi connectivity index (χ3v) is 2.38. The average Bonchev–Trinajstić information content (AvgIpc) is 2.28. The van der Waals surface area contributed by atoms with E-state index in [1.54, 1.807) is 0 Å². The van der Waals surface area contributed by atoms with Crippen LogP contribution in [0.5, 0.6) is 0 Å². The fourth-order valence-corrected chi connectivity index (χ4v) is 1.44. The normalized spacial score (nSPS) is 19.6. The summed E-state index contributed by atoms with van der Waals surface area (Å²) in [6.07, 6.45) is 0.710. The Morgan fingerprint density at radius 2 is 2.23 bits per heavy atom. The molecule has 0 aromatic rings. The molecule has 0 aliphatic carbocycles. The van der Waals surface area contributed by atoms with Crippen molar-refractivity contribution in [1.29, 1.82) is 0 Å². The van der Waals surface area contributed by atoms with Crippen molar-refractivity contribution in [3.8, 4) is 10.8 Å². The van der Waals surface area contributed by atoms with Gasteiger partial charge in [-0.3, -0.25) is 14.5 Å². The average molecular weight is 244 g/mol. The smallest absolute Gasteiger partial charge is 0.274 e. The second-order valence-corrected chi connectivity index (χ2v) is 4.01. The van der Waals surface area contributed by atoms with E-state index in [2.05, 4.69) is 26.7 Å². The van der Waals surface area contributed by atoms with Crippen molar-refractivity contribution in [3.63, 3.8) is 0 Å². The molecule has 0 unspecified atom stereocenters. The number of carbonyl (C=O) groups is 2. The number of nitrogens with zero attached hydrogens (tertiary/aromatic N) is 1. The maximum absolute atomic E-state index is 11.6. The summed E-state index contributed by atoms with van der Waals surface area (Å²) < 4.78 is 0. The largest absolute Gasteiger partial charge is 0.305 e. The molecule has 0 bridgehead atoms. The van der Waals surface area contributed by atoms with Crippen LogP contribution in [0.3, 0.4) is 0 Å². The van der Waals surface area contributed by atoms with Gasteiger partial charge >= 0.3 is 5.91 Å². The molecule has 4 heteroatoms. The summed E-state index contributed by atoms with van der Waals surface area (Å²) in [5.74, 6) is 1.73. The number of amides is 2. The van der Waals surface area contributed by atoms with Crippen LogP contribution in [0.4, 0.5) is 0 Å². The number of imide groups is 1. The Balaban J connectivity index is 2.80. The summed E-state index contributed by atoms with van der Waals surface area (Å²) in [7, 11) is 0. The third kappa shape index (κ3) is 1.92. The minimum atomic E-state index is -0.424. The van der Waals surface area contributed by atoms with E-state index < -0.39 is 11.3 Å². The first kappa shape index (κ1) is 10.3. The van der Waals surface area contributed by atoms with Gasteiger partial charge in [0.15, 0.2) is 0 Å². The Hall–Kier alpha value is -0.820. The summed E-state index contributed by atoms with van der Waals surface area (Å²) >= 11 is 2.83. The van der Waals surface area contributed by atoms with E-state index in [1.807, 2.05) is 13.8 Å². The molecule has 0 saturated carbocycles. The van der Waals surface area contributed by atoms with Crippen molar-refractivity contribution < 1.29 is 9.59 Å². The van der Waals surface area contributed by atoms with E-state index in [4.69, 9.17) is 0 Å². The molecule has 1 aliphatic rings. The van der Waals surface area contributed by atoms with Gasteiger partial charge in [-0.25, -0.2) is 0 Å². The Kier molecular flexibility index (Phi) is 2.77. The van der Waals surface area contributed by atoms with Crippen LogP contribution in [0.25, 0.3) is 0 Å². The van der Waals surface area contributed by atoms with Crippen LogP contribution >= 0.6 is 15.9 Å². The lowest BCUT2D eigenvalue weighted by Gasteiger charge is -2.15. The minimum absolute atomic E-state index is 0.132. The van der Waals surface area contributed by atoms with Crippen molar-refractivity contribution >= 4 is 27.7 Å². The van der Waals surface area contributed by atoms with Crippen molar-refractivity contribution in [1.82, 2.24) is 4.90 Å². The highest BCUT2D eigenvalue weighted by Crippen LogP contribution is 2.30. The summed E-state index contributed by atoms with van der Waals surface area (Å²) in [6.45, 7) is 4.15. The molecule has 1 heterocycles. The van der Waals surface area contributed by atoms with E-state index >= 15 is 0 Å². The van der Waals surface area contributed by atoms with Gasteiger partial charge in [0.05, 0.1) is 0 Å². The van der Waals surface area contributed by atoms with Gasteiger partial charge in [-0.1, -0.05) is 13.8 Å². The first-order chi connectivity index (χ1) is 5.99. The van der Waals surface area contributed by atoms with E-state index in [9.17, 15) is 9.59 Å². The molecule has 0 N–H and O–H groups in total. The molecule has 13 heavy (non-hydrogen) atoms. The van der Waals surface area contributed by atoms with Crippen LogP contribution in [0, 0.1) is 16.2 Å². The van der Waals surface area contributed by atoms with Crippen molar-refractivity contribution in [2.45, 2.75) is 20.3 Å². The lowest BCUT2D eigenvalue weighted by Crippen LogP contribution is -2.35. The van der Waals surface area contributed by atoms with Gasteiger partial charge in [0, 0.05) is 33.8 Å². The van der Waals surface area contributed by atoms with Crippen molar-refractivity contribution in [3.05, 3.63) is 0 Å². The topological polar surface area (TPSA) is 37.4 Å². The van der Waals surface area contributed by atoms with Gasteiger partial charge < -0.3 is 0 Å². The number of rotatable bonds is 0. The highest BCUT2D eigenvalue weighted by molar-refractivity contribution is 9.12. The maximum Gasteiger partial charge on any atom is 0.305 e. The molecule has 0 spiro atoms. The number of carbonyl (C=O) groups excluding carboxylic acids is 2. The highest BCUT2D eigenvalue weighted by Gasteiger charge is 2.41. The summed E-state index contributed by atoms with van der Waals surface area (Å²) in [4.78, 5) is 26.3. The molecule has 0 atom stereocenters. The highest BCUT2D eigenvalue weighted by atomic mass is 79.9. The van der Waals surface area contributed by atoms with E-state index in [-0.39, 0.29) is 5.91 Å². The van der Waals surface area contributed by atoms with E-state index in [1.165, 1.54) is 4.90 Å². The Morgan fingerprint density at radius 3 is 2.62 bits per heavy atom. The first-order valence-corrected chi connectivity index (χ1v) is 4.76. The van der Waals surface area contributed by atoms with Crippen molar-refractivity contribution in [2.75, 3.05) is 6.54 Å². The quantitative estimate of drug-likeness (QED) is 0.599. The van der Waals surface area contributed by atoms with E-state index in [0.717, 1.165) is 0 Å². The Morgan fingerprint density at radius 1 is 1.62 bits per heavy atom. The van der Waals surface area contributed by atoms with Gasteiger partial charge in [0.2, 0.25) is 5.91 Å². The van der Waals surface area contributed by atoms with Gasteiger partial charge in [0.25, 0.3) is 0 Å². The van der Waals surface area contributed by atoms with Crippen molar-refractivity contribution in [2.24, 2.45) is 5.41 Å². The molecule has 1 saturated heterocycles. The minimum Gasteiger partial charge on any atom is -0.274 e. The SMILES string of the molecule is CC1(C)CCN(C(=O)C#CBr)C1=O. The van der Waals surface area contributed by atoms with Gasteiger partial charge in [0.1, 0.15) is 0 Å². The summed E-state index contributed by atoms with van der Waals surface area (Å²) in [6, 6.07) is 0. The second kappa shape index (κ2) is 3.51. The molecule has 3 nitrogen and oxygen atoms in total.